The van der Waals surface area contributed by atoms with Crippen molar-refractivity contribution in [3.8, 4) is 0 Å². The molecule has 0 unspecified atom stereocenters. The summed E-state index contributed by atoms with van der Waals surface area (Å²) < 4.78 is 0. The third-order valence-electron chi connectivity index (χ3n) is 0.909. The lowest BCUT2D eigenvalue weighted by Crippen LogP contribution is -2.31. The predicted octanol–water partition coefficient (Wildman–Crippen LogP) is 2.16. The Balaban J connectivity index is 3.34. The lowest BCUT2D eigenvalue weighted by Gasteiger charge is -2.16. The molecule has 0 aromatic carbocycles. The molecule has 0 aliphatic carbocycles. The molecule has 0 fully saturated rings. The van der Waals surface area contributed by atoms with Gasteiger partial charge in [0.25, 0.3) is 0 Å². The lowest BCUT2D eigenvalue weighted by atomic mass is 10.1. The Morgan fingerprint density at radius 2 is 2.00 bits per heavy atom. The van der Waals surface area contributed by atoms with Crippen LogP contribution in [0.5, 0.6) is 0 Å². The second-order valence-corrected chi connectivity index (χ2v) is 3.46. The summed E-state index contributed by atoms with van der Waals surface area (Å²) >= 11 is 0. The standard InChI is InChI=1S/C8H18N2/c1-5-6-7-9-10-8(2,3)4/h7,10H,5-6H2,1-4H3. The van der Waals surface area contributed by atoms with Gasteiger partial charge in [-0.15, -0.1) is 0 Å². The van der Waals surface area contributed by atoms with Crippen LogP contribution in [0.25, 0.3) is 0 Å². The Morgan fingerprint density at radius 1 is 1.40 bits per heavy atom. The van der Waals surface area contributed by atoms with Crippen molar-refractivity contribution in [1.29, 1.82) is 0 Å². The van der Waals surface area contributed by atoms with E-state index in [4.69, 9.17) is 0 Å². The summed E-state index contributed by atoms with van der Waals surface area (Å²) in [5.41, 5.74) is 3.13. The highest BCUT2D eigenvalue weighted by Gasteiger charge is 2.04. The summed E-state index contributed by atoms with van der Waals surface area (Å²) in [6.45, 7) is 8.42. The van der Waals surface area contributed by atoms with Crippen LogP contribution < -0.4 is 5.43 Å². The second kappa shape index (κ2) is 4.31. The first-order chi connectivity index (χ1) is 4.56. The third-order valence-corrected chi connectivity index (χ3v) is 0.909. The lowest BCUT2D eigenvalue weighted by molar-refractivity contribution is 0.441. The van der Waals surface area contributed by atoms with Gasteiger partial charge in [-0.25, -0.2) is 0 Å². The Labute approximate surface area is 63.7 Å². The first-order valence-corrected chi connectivity index (χ1v) is 3.85. The van der Waals surface area contributed by atoms with Gasteiger partial charge in [-0.3, -0.25) is 0 Å². The molecule has 0 heterocycles. The van der Waals surface area contributed by atoms with Crippen molar-refractivity contribution < 1.29 is 0 Å². The van der Waals surface area contributed by atoms with Crippen LogP contribution in [-0.4, -0.2) is 11.8 Å². The van der Waals surface area contributed by atoms with Crippen LogP contribution in [0.15, 0.2) is 5.10 Å². The van der Waals surface area contributed by atoms with E-state index in [2.05, 4.69) is 38.2 Å². The molecule has 0 saturated heterocycles. The smallest absolute Gasteiger partial charge is 0.0464 e. The summed E-state index contributed by atoms with van der Waals surface area (Å²) in [6.07, 6.45) is 4.14. The minimum Gasteiger partial charge on any atom is -0.305 e. The van der Waals surface area contributed by atoms with Crippen LogP contribution in [-0.2, 0) is 0 Å². The van der Waals surface area contributed by atoms with Gasteiger partial charge in [-0.2, -0.15) is 5.10 Å². The molecule has 0 aromatic heterocycles. The fourth-order valence-electron chi connectivity index (χ4n) is 0.433. The molecule has 0 atom stereocenters. The van der Waals surface area contributed by atoms with Gasteiger partial charge in [0, 0.05) is 11.8 Å². The van der Waals surface area contributed by atoms with E-state index in [1.54, 1.807) is 0 Å². The predicted molar refractivity (Wildman–Crippen MR) is 46.3 cm³/mol. The van der Waals surface area contributed by atoms with Crippen molar-refractivity contribution in [2.75, 3.05) is 0 Å². The zero-order valence-electron chi connectivity index (χ0n) is 7.44. The first-order valence-electron chi connectivity index (χ1n) is 3.85. The number of nitrogens with one attached hydrogen (secondary N) is 1. The van der Waals surface area contributed by atoms with Crippen LogP contribution in [0.3, 0.4) is 0 Å². The van der Waals surface area contributed by atoms with E-state index in [1.807, 2.05) is 6.21 Å². The Bertz CT molecular complexity index is 100. The summed E-state index contributed by atoms with van der Waals surface area (Å²) in [5.74, 6) is 0. The van der Waals surface area contributed by atoms with E-state index in [0.29, 0.717) is 0 Å². The summed E-state index contributed by atoms with van der Waals surface area (Å²) in [6, 6.07) is 0. The van der Waals surface area contributed by atoms with E-state index in [9.17, 15) is 0 Å². The van der Waals surface area contributed by atoms with Gasteiger partial charge in [-0.1, -0.05) is 13.3 Å². The zero-order chi connectivity index (χ0) is 8.04. The van der Waals surface area contributed by atoms with Crippen LogP contribution in [0.2, 0.25) is 0 Å². The molecule has 2 heteroatoms. The number of hydrogen-bond donors (Lipinski definition) is 1. The molecule has 0 radical (unpaired) electrons. The zero-order valence-corrected chi connectivity index (χ0v) is 7.44. The number of hydrogen-bond acceptors (Lipinski definition) is 2. The van der Waals surface area contributed by atoms with Crippen molar-refractivity contribution in [1.82, 2.24) is 5.43 Å². The monoisotopic (exact) mass is 142 g/mol. The molecule has 0 saturated carbocycles. The second-order valence-electron chi connectivity index (χ2n) is 3.46. The largest absolute Gasteiger partial charge is 0.305 e. The van der Waals surface area contributed by atoms with Gasteiger partial charge in [-0.05, 0) is 27.2 Å². The summed E-state index contributed by atoms with van der Waals surface area (Å²) in [7, 11) is 0. The van der Waals surface area contributed by atoms with E-state index < -0.39 is 0 Å². The van der Waals surface area contributed by atoms with Gasteiger partial charge in [0.15, 0.2) is 0 Å². The van der Waals surface area contributed by atoms with Gasteiger partial charge < -0.3 is 5.43 Å². The maximum absolute atomic E-state index is 4.06. The van der Waals surface area contributed by atoms with Crippen molar-refractivity contribution in [2.45, 2.75) is 46.1 Å². The van der Waals surface area contributed by atoms with E-state index in [-0.39, 0.29) is 5.54 Å². The number of rotatable bonds is 3. The third kappa shape index (κ3) is 7.47. The van der Waals surface area contributed by atoms with Crippen LogP contribution in [0.4, 0.5) is 0 Å². The summed E-state index contributed by atoms with van der Waals surface area (Å²) in [4.78, 5) is 0. The molecule has 10 heavy (non-hydrogen) atoms. The summed E-state index contributed by atoms with van der Waals surface area (Å²) in [5, 5.41) is 4.06. The fourth-order valence-corrected chi connectivity index (χ4v) is 0.433. The first kappa shape index (κ1) is 9.47. The van der Waals surface area contributed by atoms with Crippen molar-refractivity contribution in [2.24, 2.45) is 5.10 Å². The van der Waals surface area contributed by atoms with Gasteiger partial charge in [0.2, 0.25) is 0 Å². The molecule has 0 spiro atoms. The van der Waals surface area contributed by atoms with E-state index in [0.717, 1.165) is 12.8 Å². The molecule has 0 aromatic rings. The van der Waals surface area contributed by atoms with Gasteiger partial charge >= 0.3 is 0 Å². The molecule has 0 rings (SSSR count). The molecule has 60 valence electrons. The molecule has 0 amide bonds. The van der Waals surface area contributed by atoms with E-state index >= 15 is 0 Å². The number of unbranched alkanes of at least 4 members (excludes halogenated alkanes) is 1. The normalized spacial score (nSPS) is 12.4. The Morgan fingerprint density at radius 3 is 2.40 bits per heavy atom. The molecule has 2 nitrogen and oxygen atoms in total. The highest BCUT2D eigenvalue weighted by Crippen LogP contribution is 1.96. The van der Waals surface area contributed by atoms with Crippen molar-refractivity contribution in [3.63, 3.8) is 0 Å². The maximum atomic E-state index is 4.06. The van der Waals surface area contributed by atoms with Gasteiger partial charge in [0.05, 0.1) is 0 Å². The molecule has 1 N–H and O–H groups in total. The van der Waals surface area contributed by atoms with Crippen LogP contribution in [0.1, 0.15) is 40.5 Å². The molecule has 0 aliphatic heterocycles. The fraction of sp³-hybridized carbons (Fsp3) is 0.875. The van der Waals surface area contributed by atoms with Crippen LogP contribution in [0, 0.1) is 0 Å². The highest BCUT2D eigenvalue weighted by atomic mass is 15.3. The molecule has 0 aliphatic rings. The molecular weight excluding hydrogens is 124 g/mol. The molecular formula is C8H18N2. The maximum Gasteiger partial charge on any atom is 0.0464 e. The average molecular weight is 142 g/mol. The Kier molecular flexibility index (Phi) is 4.08. The SMILES string of the molecule is CCCC=NNC(C)(C)C. The van der Waals surface area contributed by atoms with Gasteiger partial charge in [0.1, 0.15) is 0 Å². The average Bonchev–Trinajstić information content (AvgIpc) is 1.78. The van der Waals surface area contributed by atoms with Crippen molar-refractivity contribution in [3.05, 3.63) is 0 Å². The minimum atomic E-state index is 0.101. The number of hydrazone groups is 1. The van der Waals surface area contributed by atoms with Crippen LogP contribution >= 0.6 is 0 Å². The quantitative estimate of drug-likeness (QED) is 0.474. The highest BCUT2D eigenvalue weighted by molar-refractivity contribution is 5.56. The number of nitrogens with zero attached hydrogens (tertiary/aromatic N) is 1. The minimum absolute atomic E-state index is 0.101. The molecule has 0 bridgehead atoms. The van der Waals surface area contributed by atoms with Crippen molar-refractivity contribution >= 4 is 6.21 Å². The van der Waals surface area contributed by atoms with E-state index in [1.165, 1.54) is 0 Å². The topological polar surface area (TPSA) is 24.4 Å². The Hall–Kier alpha value is -0.530.